The molecular weight excluding hydrogens is 305 g/mol. The second kappa shape index (κ2) is 6.31. The van der Waals surface area contributed by atoms with Gasteiger partial charge in [-0.1, -0.05) is 40.2 Å². The predicted octanol–water partition coefficient (Wildman–Crippen LogP) is 4.75. The molecule has 0 radical (unpaired) electrons. The Labute approximate surface area is 122 Å². The lowest BCUT2D eigenvalue weighted by Crippen LogP contribution is -2.18. The molecule has 0 saturated heterocycles. The van der Waals surface area contributed by atoms with Crippen LogP contribution in [0.25, 0.3) is 0 Å². The van der Waals surface area contributed by atoms with E-state index in [2.05, 4.69) is 53.3 Å². The summed E-state index contributed by atoms with van der Waals surface area (Å²) in [4.78, 5) is 0. The molecule has 1 atom stereocenters. The van der Waals surface area contributed by atoms with Crippen LogP contribution in [0.3, 0.4) is 0 Å². The molecule has 0 amide bonds. The van der Waals surface area contributed by atoms with Gasteiger partial charge in [-0.25, -0.2) is 4.39 Å². The zero-order chi connectivity index (χ0) is 13.8. The van der Waals surface area contributed by atoms with Crippen molar-refractivity contribution in [2.24, 2.45) is 0 Å². The minimum absolute atomic E-state index is 0.195. The Morgan fingerprint density at radius 2 is 1.84 bits per heavy atom. The molecule has 1 N–H and O–H groups in total. The second-order valence-electron chi connectivity index (χ2n) is 4.74. The van der Waals surface area contributed by atoms with Crippen molar-refractivity contribution in [3.05, 3.63) is 69.4 Å². The molecule has 0 aromatic heterocycles. The molecule has 0 spiro atoms. The molecule has 1 nitrogen and oxygen atoms in total. The summed E-state index contributed by atoms with van der Waals surface area (Å²) in [6, 6.07) is 13.2. The SMILES string of the molecule is Cc1ccc(CN[C@H](C)c2ccc(F)cc2)cc1Br. The van der Waals surface area contributed by atoms with Crippen molar-refractivity contribution in [3.63, 3.8) is 0 Å². The third kappa shape index (κ3) is 3.88. The molecule has 2 aromatic rings. The molecule has 3 heteroatoms. The van der Waals surface area contributed by atoms with Gasteiger partial charge >= 0.3 is 0 Å². The summed E-state index contributed by atoms with van der Waals surface area (Å²) in [6.45, 7) is 4.94. The van der Waals surface area contributed by atoms with Crippen molar-refractivity contribution < 1.29 is 4.39 Å². The Morgan fingerprint density at radius 3 is 2.47 bits per heavy atom. The Morgan fingerprint density at radius 1 is 1.16 bits per heavy atom. The highest BCUT2D eigenvalue weighted by atomic mass is 79.9. The molecule has 0 bridgehead atoms. The van der Waals surface area contributed by atoms with E-state index in [1.54, 1.807) is 0 Å². The van der Waals surface area contributed by atoms with E-state index in [1.807, 2.05) is 12.1 Å². The van der Waals surface area contributed by atoms with Crippen molar-refractivity contribution in [2.45, 2.75) is 26.4 Å². The van der Waals surface area contributed by atoms with Crippen molar-refractivity contribution in [2.75, 3.05) is 0 Å². The van der Waals surface area contributed by atoms with Crippen LogP contribution in [0.4, 0.5) is 4.39 Å². The van der Waals surface area contributed by atoms with E-state index in [0.29, 0.717) is 0 Å². The van der Waals surface area contributed by atoms with Crippen molar-refractivity contribution in [1.29, 1.82) is 0 Å². The summed E-state index contributed by atoms with van der Waals surface area (Å²) < 4.78 is 14.0. The van der Waals surface area contributed by atoms with Gasteiger partial charge in [0.05, 0.1) is 0 Å². The second-order valence-corrected chi connectivity index (χ2v) is 5.59. The van der Waals surface area contributed by atoms with Gasteiger partial charge in [0.15, 0.2) is 0 Å². The van der Waals surface area contributed by atoms with Gasteiger partial charge in [-0.2, -0.15) is 0 Å². The fourth-order valence-corrected chi connectivity index (χ4v) is 2.31. The van der Waals surface area contributed by atoms with Gasteiger partial charge in [-0.15, -0.1) is 0 Å². The van der Waals surface area contributed by atoms with Crippen molar-refractivity contribution in [1.82, 2.24) is 5.32 Å². The molecule has 0 heterocycles. The summed E-state index contributed by atoms with van der Waals surface area (Å²) >= 11 is 3.54. The van der Waals surface area contributed by atoms with Crippen LogP contribution >= 0.6 is 15.9 Å². The van der Waals surface area contributed by atoms with E-state index in [1.165, 1.54) is 23.3 Å². The van der Waals surface area contributed by atoms with Gasteiger partial charge in [-0.05, 0) is 48.7 Å². The summed E-state index contributed by atoms with van der Waals surface area (Å²) in [6.07, 6.45) is 0. The predicted molar refractivity (Wildman–Crippen MR) is 80.5 cm³/mol. The van der Waals surface area contributed by atoms with Gasteiger partial charge in [0.2, 0.25) is 0 Å². The summed E-state index contributed by atoms with van der Waals surface area (Å²) in [5.74, 6) is -0.196. The molecule has 100 valence electrons. The summed E-state index contributed by atoms with van der Waals surface area (Å²) in [7, 11) is 0. The third-order valence-corrected chi connectivity index (χ3v) is 4.07. The molecular formula is C16H17BrFN. The Bertz CT molecular complexity index is 551. The molecule has 0 unspecified atom stereocenters. The summed E-state index contributed by atoms with van der Waals surface area (Å²) in [5, 5.41) is 3.44. The fourth-order valence-electron chi connectivity index (χ4n) is 1.89. The molecule has 2 rings (SSSR count). The number of hydrogen-bond acceptors (Lipinski definition) is 1. The first-order chi connectivity index (χ1) is 9.06. The average Bonchev–Trinajstić information content (AvgIpc) is 2.40. The standard InChI is InChI=1S/C16H17BrFN/c1-11-3-4-13(9-16(11)17)10-19-12(2)14-5-7-15(18)8-6-14/h3-9,12,19H,10H2,1-2H3/t12-/m1/s1. The fraction of sp³-hybridized carbons (Fsp3) is 0.250. The molecule has 0 aliphatic rings. The number of aryl methyl sites for hydroxylation is 1. The first-order valence-electron chi connectivity index (χ1n) is 6.30. The zero-order valence-electron chi connectivity index (χ0n) is 11.1. The zero-order valence-corrected chi connectivity index (χ0v) is 12.7. The van der Waals surface area contributed by atoms with Gasteiger partial charge in [0.25, 0.3) is 0 Å². The van der Waals surface area contributed by atoms with Crippen LogP contribution < -0.4 is 5.32 Å². The topological polar surface area (TPSA) is 12.0 Å². The third-order valence-electron chi connectivity index (χ3n) is 3.22. The van der Waals surface area contributed by atoms with E-state index in [9.17, 15) is 4.39 Å². The van der Waals surface area contributed by atoms with Crippen LogP contribution in [0.1, 0.15) is 29.7 Å². The Balaban J connectivity index is 1.98. The molecule has 0 aliphatic heterocycles. The van der Waals surface area contributed by atoms with Crippen LogP contribution in [0.5, 0.6) is 0 Å². The van der Waals surface area contributed by atoms with Gasteiger partial charge < -0.3 is 5.32 Å². The maximum atomic E-state index is 12.9. The quantitative estimate of drug-likeness (QED) is 0.857. The van der Waals surface area contributed by atoms with E-state index >= 15 is 0 Å². The molecule has 19 heavy (non-hydrogen) atoms. The number of halogens is 2. The van der Waals surface area contributed by atoms with Crippen LogP contribution in [0, 0.1) is 12.7 Å². The van der Waals surface area contributed by atoms with Gasteiger partial charge in [0.1, 0.15) is 5.82 Å². The van der Waals surface area contributed by atoms with E-state index < -0.39 is 0 Å². The normalized spacial score (nSPS) is 12.4. The molecule has 0 saturated carbocycles. The van der Waals surface area contributed by atoms with E-state index in [-0.39, 0.29) is 11.9 Å². The minimum Gasteiger partial charge on any atom is -0.306 e. The van der Waals surface area contributed by atoms with Gasteiger partial charge in [-0.3, -0.25) is 0 Å². The lowest BCUT2D eigenvalue weighted by atomic mass is 10.1. The van der Waals surface area contributed by atoms with Crippen molar-refractivity contribution in [3.8, 4) is 0 Å². The highest BCUT2D eigenvalue weighted by Crippen LogP contribution is 2.18. The van der Waals surface area contributed by atoms with Crippen molar-refractivity contribution >= 4 is 15.9 Å². The van der Waals surface area contributed by atoms with Gasteiger partial charge in [0, 0.05) is 17.1 Å². The largest absolute Gasteiger partial charge is 0.306 e. The average molecular weight is 322 g/mol. The van der Waals surface area contributed by atoms with Crippen LogP contribution in [0.2, 0.25) is 0 Å². The lowest BCUT2D eigenvalue weighted by molar-refractivity contribution is 0.571. The highest BCUT2D eigenvalue weighted by Gasteiger charge is 2.05. The maximum absolute atomic E-state index is 12.9. The smallest absolute Gasteiger partial charge is 0.123 e. The highest BCUT2D eigenvalue weighted by molar-refractivity contribution is 9.10. The lowest BCUT2D eigenvalue weighted by Gasteiger charge is -2.14. The molecule has 0 aliphatic carbocycles. The molecule has 0 fully saturated rings. The van der Waals surface area contributed by atoms with E-state index in [0.717, 1.165) is 16.6 Å². The van der Waals surface area contributed by atoms with Crippen LogP contribution in [-0.4, -0.2) is 0 Å². The number of nitrogens with one attached hydrogen (secondary N) is 1. The monoisotopic (exact) mass is 321 g/mol. The number of benzene rings is 2. The number of rotatable bonds is 4. The molecule has 2 aromatic carbocycles. The minimum atomic E-state index is -0.196. The first kappa shape index (κ1) is 14.2. The van der Waals surface area contributed by atoms with Crippen LogP contribution in [-0.2, 0) is 6.54 Å². The van der Waals surface area contributed by atoms with Crippen LogP contribution in [0.15, 0.2) is 46.9 Å². The summed E-state index contributed by atoms with van der Waals surface area (Å²) in [5.41, 5.74) is 3.55. The maximum Gasteiger partial charge on any atom is 0.123 e. The van der Waals surface area contributed by atoms with E-state index in [4.69, 9.17) is 0 Å². The Hall–Kier alpha value is -1.19. The number of hydrogen-bond donors (Lipinski definition) is 1. The Kier molecular flexibility index (Phi) is 4.72. The first-order valence-corrected chi connectivity index (χ1v) is 7.09.